The zero-order chi connectivity index (χ0) is 54.1. The molecule has 1 aliphatic heterocycles. The van der Waals surface area contributed by atoms with E-state index in [2.05, 4.69) is 31.9 Å². The monoisotopic (exact) mass is 1020 g/mol. The number of amides is 8. The maximum atomic E-state index is 14.4. The van der Waals surface area contributed by atoms with Crippen molar-refractivity contribution in [1.29, 1.82) is 0 Å². The normalized spacial score (nSPS) is 16.3. The first kappa shape index (κ1) is 57.8. The van der Waals surface area contributed by atoms with Crippen molar-refractivity contribution >= 4 is 58.0 Å². The summed E-state index contributed by atoms with van der Waals surface area (Å²) in [5, 5.41) is 30.4. The van der Waals surface area contributed by atoms with E-state index in [4.69, 9.17) is 5.73 Å². The Morgan fingerprint density at radius 1 is 0.595 bits per heavy atom. The van der Waals surface area contributed by atoms with Gasteiger partial charge in [-0.2, -0.15) is 0 Å². The minimum absolute atomic E-state index is 0.0449. The number of rotatable bonds is 26. The fourth-order valence-corrected chi connectivity index (χ4v) is 9.39. The van der Waals surface area contributed by atoms with Gasteiger partial charge in [-0.05, 0) is 70.9 Å². The van der Waals surface area contributed by atoms with E-state index in [0.29, 0.717) is 12.8 Å². The number of carbonyl (C=O) groups excluding carboxylic acids is 8. The highest BCUT2D eigenvalue weighted by Gasteiger charge is 2.40. The highest BCUT2D eigenvalue weighted by molar-refractivity contribution is 5.96. The van der Waals surface area contributed by atoms with Crippen LogP contribution in [0.2, 0.25) is 0 Å². The minimum atomic E-state index is -1.41. The van der Waals surface area contributed by atoms with Gasteiger partial charge < -0.3 is 47.6 Å². The van der Waals surface area contributed by atoms with Crippen molar-refractivity contribution in [3.8, 4) is 0 Å². The second-order valence-electron chi connectivity index (χ2n) is 20.7. The number of carbonyl (C=O) groups is 8. The molecule has 0 aliphatic carbocycles. The molecular weight excluding hydrogens is 941 g/mol. The molecule has 17 nitrogen and oxygen atoms in total. The van der Waals surface area contributed by atoms with Gasteiger partial charge in [-0.3, -0.25) is 38.4 Å². The molecule has 17 heteroatoms. The molecule has 0 aromatic heterocycles. The van der Waals surface area contributed by atoms with Crippen LogP contribution in [0.1, 0.15) is 97.3 Å². The summed E-state index contributed by atoms with van der Waals surface area (Å²) in [6.45, 7) is 12.6. The summed E-state index contributed by atoms with van der Waals surface area (Å²) in [4.78, 5) is 111. The topological polar surface area (TPSA) is 258 Å². The summed E-state index contributed by atoms with van der Waals surface area (Å²) in [5.74, 6) is -5.25. The Balaban J connectivity index is 1.27. The van der Waals surface area contributed by atoms with E-state index < -0.39 is 108 Å². The third-order valence-electron chi connectivity index (χ3n) is 13.1. The molecule has 1 aliphatic rings. The van der Waals surface area contributed by atoms with E-state index in [1.807, 2.05) is 107 Å². The molecule has 8 amide bonds. The van der Waals surface area contributed by atoms with Crippen LogP contribution in [0.4, 0.5) is 0 Å². The molecule has 8 atom stereocenters. The molecule has 4 aromatic rings. The summed E-state index contributed by atoms with van der Waals surface area (Å²) in [6.07, 6.45) is -0.179. The lowest BCUT2D eigenvalue weighted by Crippen LogP contribution is -2.60. The Morgan fingerprint density at radius 2 is 1.16 bits per heavy atom. The zero-order valence-electron chi connectivity index (χ0n) is 43.8. The molecule has 9 N–H and O–H groups in total. The van der Waals surface area contributed by atoms with Crippen molar-refractivity contribution in [2.75, 3.05) is 6.54 Å². The van der Waals surface area contributed by atoms with E-state index in [9.17, 15) is 43.5 Å². The second-order valence-corrected chi connectivity index (χ2v) is 20.7. The Hall–Kier alpha value is -7.14. The number of fused-ring (bicyclic) bond motifs is 1. The van der Waals surface area contributed by atoms with Crippen LogP contribution >= 0.6 is 0 Å². The van der Waals surface area contributed by atoms with Crippen LogP contribution < -0.4 is 37.6 Å². The first-order valence-corrected chi connectivity index (χ1v) is 25.8. The predicted molar refractivity (Wildman–Crippen MR) is 284 cm³/mol. The van der Waals surface area contributed by atoms with E-state index in [1.165, 1.54) is 11.8 Å². The maximum Gasteiger partial charge on any atom is 0.246 e. The molecule has 398 valence electrons. The van der Waals surface area contributed by atoms with Gasteiger partial charge in [0.05, 0.1) is 18.6 Å². The summed E-state index contributed by atoms with van der Waals surface area (Å²) in [7, 11) is 0. The van der Waals surface area contributed by atoms with Crippen molar-refractivity contribution in [2.45, 2.75) is 148 Å². The lowest BCUT2D eigenvalue weighted by Gasteiger charge is -2.31. The third kappa shape index (κ3) is 17.5. The van der Waals surface area contributed by atoms with Crippen molar-refractivity contribution in [2.24, 2.45) is 23.5 Å². The SMILES string of the molecule is CC(=O)NC(Cc1ccc2ccccc2c1)C(=O)N1CCCC1C(=O)NC(Cc1ccccc1)C(=O)NC(C(=O)NC(CC(C)C)C(O)CC(=O)NC(CC(C)C)C(=O)NC(Cc1ccccc1)C(N)=O)C(C)C. The summed E-state index contributed by atoms with van der Waals surface area (Å²) >= 11 is 0. The standard InChI is InChI=1S/C57H76N8O9/c1-34(2)27-43(49(67)33-50(68)60-45(28-35(3)4)53(70)62-44(52(58)69)30-38-17-10-8-11-18-38)61-56(73)51(36(5)6)64-54(71)46(31-39-19-12-9-13-20-39)63-55(72)48-23-16-26-65(48)57(74)47(59-37(7)66)32-40-24-25-41-21-14-15-22-42(41)29-40/h8-15,17-22,24-25,29,34-36,43-49,51,67H,16,23,26-28,30-33H2,1-7H3,(H2,58,69)(H,59,66)(H,60,68)(H,61,73)(H,62,70)(H,63,72)(H,64,71). The highest BCUT2D eigenvalue weighted by atomic mass is 16.3. The van der Waals surface area contributed by atoms with Crippen molar-refractivity contribution in [3.63, 3.8) is 0 Å². The van der Waals surface area contributed by atoms with Crippen LogP contribution in [0, 0.1) is 17.8 Å². The molecule has 74 heavy (non-hydrogen) atoms. The molecule has 1 fully saturated rings. The van der Waals surface area contributed by atoms with Crippen LogP contribution in [0.25, 0.3) is 10.8 Å². The smallest absolute Gasteiger partial charge is 0.246 e. The molecule has 0 saturated carbocycles. The number of likely N-dealkylation sites (tertiary alicyclic amines) is 1. The second kappa shape index (κ2) is 27.8. The lowest BCUT2D eigenvalue weighted by molar-refractivity contribution is -0.142. The van der Waals surface area contributed by atoms with E-state index >= 15 is 0 Å². The van der Waals surface area contributed by atoms with Crippen LogP contribution in [0.15, 0.2) is 103 Å². The Bertz CT molecular complexity index is 2560. The van der Waals surface area contributed by atoms with E-state index in [0.717, 1.165) is 27.5 Å². The Kier molecular flexibility index (Phi) is 21.7. The average molecular weight is 1020 g/mol. The number of hydrogen-bond acceptors (Lipinski definition) is 9. The maximum absolute atomic E-state index is 14.4. The van der Waals surface area contributed by atoms with Gasteiger partial charge in [0.15, 0.2) is 0 Å². The van der Waals surface area contributed by atoms with E-state index in [-0.39, 0.29) is 50.5 Å². The summed E-state index contributed by atoms with van der Waals surface area (Å²) < 4.78 is 0. The van der Waals surface area contributed by atoms with Gasteiger partial charge in [0.1, 0.15) is 36.3 Å². The average Bonchev–Trinajstić information content (AvgIpc) is 3.85. The molecule has 1 saturated heterocycles. The number of primary amides is 1. The number of nitrogens with one attached hydrogen (secondary N) is 6. The molecule has 1 heterocycles. The first-order chi connectivity index (χ1) is 35.2. The molecule has 8 unspecified atom stereocenters. The number of nitrogens with two attached hydrogens (primary N) is 1. The van der Waals surface area contributed by atoms with E-state index in [1.54, 1.807) is 38.1 Å². The number of nitrogens with zero attached hydrogens (tertiary/aromatic N) is 1. The van der Waals surface area contributed by atoms with Gasteiger partial charge in [0, 0.05) is 32.7 Å². The molecule has 0 spiro atoms. The van der Waals surface area contributed by atoms with Crippen molar-refractivity contribution in [1.82, 2.24) is 36.8 Å². The predicted octanol–water partition coefficient (Wildman–Crippen LogP) is 3.77. The Morgan fingerprint density at radius 3 is 1.74 bits per heavy atom. The number of benzene rings is 4. The van der Waals surface area contributed by atoms with Gasteiger partial charge in [-0.15, -0.1) is 0 Å². The number of aliphatic hydroxyl groups excluding tert-OH is 1. The van der Waals surface area contributed by atoms with Gasteiger partial charge in [-0.1, -0.05) is 145 Å². The zero-order valence-corrected chi connectivity index (χ0v) is 43.8. The number of aliphatic hydroxyl groups is 1. The van der Waals surface area contributed by atoms with Gasteiger partial charge >= 0.3 is 0 Å². The van der Waals surface area contributed by atoms with Gasteiger partial charge in [-0.25, -0.2) is 0 Å². The third-order valence-corrected chi connectivity index (χ3v) is 13.1. The van der Waals surface area contributed by atoms with Gasteiger partial charge in [0.2, 0.25) is 47.3 Å². The minimum Gasteiger partial charge on any atom is -0.390 e. The van der Waals surface area contributed by atoms with Crippen molar-refractivity contribution < 1.29 is 43.5 Å². The van der Waals surface area contributed by atoms with Crippen LogP contribution in [-0.2, 0) is 57.6 Å². The molecule has 0 radical (unpaired) electrons. The quantitative estimate of drug-likeness (QED) is 0.0455. The molecule has 0 bridgehead atoms. The fraction of sp³-hybridized carbons (Fsp3) is 0.474. The van der Waals surface area contributed by atoms with Gasteiger partial charge in [0.25, 0.3) is 0 Å². The van der Waals surface area contributed by atoms with Crippen LogP contribution in [0.5, 0.6) is 0 Å². The summed E-state index contributed by atoms with van der Waals surface area (Å²) in [5.41, 5.74) is 8.00. The highest BCUT2D eigenvalue weighted by Crippen LogP contribution is 2.23. The Labute approximate surface area is 434 Å². The molecular formula is C57H76N8O9. The van der Waals surface area contributed by atoms with Crippen LogP contribution in [0.3, 0.4) is 0 Å². The van der Waals surface area contributed by atoms with Crippen molar-refractivity contribution in [3.05, 3.63) is 120 Å². The molecule has 5 rings (SSSR count). The largest absolute Gasteiger partial charge is 0.390 e. The lowest BCUT2D eigenvalue weighted by atomic mass is 9.95. The number of hydrogen-bond donors (Lipinski definition) is 8. The first-order valence-electron chi connectivity index (χ1n) is 25.8. The summed E-state index contributed by atoms with van der Waals surface area (Å²) in [6, 6.07) is 24.5. The molecule has 4 aromatic carbocycles. The fourth-order valence-electron chi connectivity index (χ4n) is 9.39. The van der Waals surface area contributed by atoms with Crippen LogP contribution in [-0.4, -0.2) is 112 Å².